The number of imidazole rings is 1. The predicted octanol–water partition coefficient (Wildman–Crippen LogP) is 3.44. The number of fused-ring (bicyclic) bond motifs is 1. The molecule has 40 heavy (non-hydrogen) atoms. The Bertz CT molecular complexity index is 1600. The normalized spacial score (nSPS) is 15.8. The number of anilines is 1. The van der Waals surface area contributed by atoms with Crippen LogP contribution in [0.4, 0.5) is 5.13 Å². The van der Waals surface area contributed by atoms with Crippen LogP contribution < -0.4 is 11.0 Å². The molecular formula is C29H30N6O4S. The summed E-state index contributed by atoms with van der Waals surface area (Å²) >= 11 is 1.26. The van der Waals surface area contributed by atoms with Crippen LogP contribution >= 0.6 is 11.3 Å². The van der Waals surface area contributed by atoms with Gasteiger partial charge in [0.2, 0.25) is 11.8 Å². The number of carbonyl (C=O) groups is 3. The molecule has 0 unspecified atom stereocenters. The zero-order valence-corrected chi connectivity index (χ0v) is 22.7. The molecule has 2 aromatic carbocycles. The highest BCUT2D eigenvalue weighted by Crippen LogP contribution is 2.29. The fourth-order valence-corrected chi connectivity index (χ4v) is 6.06. The van der Waals surface area contributed by atoms with E-state index in [4.69, 9.17) is 0 Å². The van der Waals surface area contributed by atoms with E-state index in [0.29, 0.717) is 42.3 Å². The molecule has 3 amide bonds. The van der Waals surface area contributed by atoms with E-state index in [2.05, 4.69) is 15.3 Å². The summed E-state index contributed by atoms with van der Waals surface area (Å²) in [4.78, 5) is 62.0. The van der Waals surface area contributed by atoms with Crippen molar-refractivity contribution in [3.05, 3.63) is 81.7 Å². The largest absolute Gasteiger partial charge is 0.342 e. The summed E-state index contributed by atoms with van der Waals surface area (Å²) in [5.41, 5.74) is 2.75. The van der Waals surface area contributed by atoms with Gasteiger partial charge in [-0.1, -0.05) is 30.3 Å². The molecule has 0 atom stereocenters. The van der Waals surface area contributed by atoms with Gasteiger partial charge < -0.3 is 20.1 Å². The van der Waals surface area contributed by atoms with Gasteiger partial charge in [0.05, 0.1) is 23.1 Å². The molecule has 0 bridgehead atoms. The van der Waals surface area contributed by atoms with Crippen molar-refractivity contribution in [1.82, 2.24) is 24.3 Å². The number of H-pyrrole nitrogens is 1. The molecule has 1 aliphatic heterocycles. The lowest BCUT2D eigenvalue weighted by Crippen LogP contribution is -2.41. The minimum absolute atomic E-state index is 0.0266. The second-order valence-electron chi connectivity index (χ2n) is 10.3. The quantitative estimate of drug-likeness (QED) is 0.343. The first-order valence-corrected chi connectivity index (χ1v) is 14.4. The zero-order valence-electron chi connectivity index (χ0n) is 21.9. The van der Waals surface area contributed by atoms with Crippen molar-refractivity contribution < 1.29 is 14.4 Å². The maximum Gasteiger partial charge on any atom is 0.326 e. The molecule has 2 aromatic heterocycles. The number of thiazole rings is 1. The number of aromatic nitrogens is 3. The Morgan fingerprint density at radius 1 is 1.00 bits per heavy atom. The van der Waals surface area contributed by atoms with E-state index in [1.165, 1.54) is 11.3 Å². The number of para-hydroxylation sites is 2. The van der Waals surface area contributed by atoms with E-state index < -0.39 is 0 Å². The molecule has 1 saturated heterocycles. The van der Waals surface area contributed by atoms with Crippen LogP contribution in [0.3, 0.4) is 0 Å². The molecule has 1 aliphatic carbocycles. The Hall–Kier alpha value is -4.25. The standard InChI is InChI=1S/C29H30N6O4S/c36-25(17-34(21-10-11-21)27(38)19-6-2-1-3-7-19)32-28-30-20(18-40-28)16-26(37)33-14-12-22(13-15-33)35-24-9-5-4-8-23(24)31-29(35)39/h1-9,18,21-22H,10-17H2,(H,31,39)(H,30,32,36). The number of rotatable bonds is 8. The topological polar surface area (TPSA) is 120 Å². The van der Waals surface area contributed by atoms with Gasteiger partial charge in [0.15, 0.2) is 5.13 Å². The van der Waals surface area contributed by atoms with Crippen LogP contribution in [0.1, 0.15) is 47.8 Å². The lowest BCUT2D eigenvalue weighted by molar-refractivity contribution is -0.131. The average Bonchev–Trinajstić information content (AvgIpc) is 3.63. The van der Waals surface area contributed by atoms with Crippen LogP contribution in [0.25, 0.3) is 11.0 Å². The molecule has 10 nitrogen and oxygen atoms in total. The Morgan fingerprint density at radius 3 is 2.48 bits per heavy atom. The van der Waals surface area contributed by atoms with Crippen LogP contribution in [-0.4, -0.2) is 67.7 Å². The second kappa shape index (κ2) is 11.1. The van der Waals surface area contributed by atoms with E-state index in [1.54, 1.807) is 22.4 Å². The van der Waals surface area contributed by atoms with Crippen molar-refractivity contribution in [2.24, 2.45) is 0 Å². The van der Waals surface area contributed by atoms with Crippen LogP contribution in [0.2, 0.25) is 0 Å². The third-order valence-corrected chi connectivity index (χ3v) is 8.33. The lowest BCUT2D eigenvalue weighted by Gasteiger charge is -2.32. The van der Waals surface area contributed by atoms with Gasteiger partial charge in [0, 0.05) is 36.1 Å². The first-order chi connectivity index (χ1) is 19.5. The van der Waals surface area contributed by atoms with Crippen molar-refractivity contribution >= 4 is 45.2 Å². The molecule has 206 valence electrons. The number of piperidine rings is 1. The maximum absolute atomic E-state index is 13.0. The third kappa shape index (κ3) is 5.55. The molecule has 2 aliphatic rings. The summed E-state index contributed by atoms with van der Waals surface area (Å²) in [6.07, 6.45) is 3.33. The number of nitrogens with one attached hydrogen (secondary N) is 2. The molecule has 0 spiro atoms. The zero-order chi connectivity index (χ0) is 27.6. The highest BCUT2D eigenvalue weighted by Gasteiger charge is 2.34. The predicted molar refractivity (Wildman–Crippen MR) is 152 cm³/mol. The molecule has 1 saturated carbocycles. The van der Waals surface area contributed by atoms with Crippen molar-refractivity contribution in [3.8, 4) is 0 Å². The Kier molecular flexibility index (Phi) is 7.21. The van der Waals surface area contributed by atoms with Gasteiger partial charge in [0.25, 0.3) is 5.91 Å². The van der Waals surface area contributed by atoms with Crippen molar-refractivity contribution in [3.63, 3.8) is 0 Å². The molecule has 3 heterocycles. The SMILES string of the molecule is O=C(CN(C(=O)c1ccccc1)C1CC1)Nc1nc(CC(=O)N2CCC(n3c(=O)[nH]c4ccccc43)CC2)cs1. The summed E-state index contributed by atoms with van der Waals surface area (Å²) < 4.78 is 1.81. The molecule has 4 aromatic rings. The molecular weight excluding hydrogens is 528 g/mol. The van der Waals surface area contributed by atoms with Crippen LogP contribution in [-0.2, 0) is 16.0 Å². The van der Waals surface area contributed by atoms with Gasteiger partial charge in [-0.3, -0.25) is 19.0 Å². The second-order valence-corrected chi connectivity index (χ2v) is 11.2. The summed E-state index contributed by atoms with van der Waals surface area (Å²) in [7, 11) is 0. The third-order valence-electron chi connectivity index (χ3n) is 7.52. The average molecular weight is 559 g/mol. The van der Waals surface area contributed by atoms with E-state index in [0.717, 1.165) is 23.9 Å². The highest BCUT2D eigenvalue weighted by molar-refractivity contribution is 7.13. The van der Waals surface area contributed by atoms with Crippen molar-refractivity contribution in [2.45, 2.75) is 44.2 Å². The molecule has 2 fully saturated rings. The summed E-state index contributed by atoms with van der Waals surface area (Å²) in [5, 5.41) is 4.98. The monoisotopic (exact) mass is 558 g/mol. The smallest absolute Gasteiger partial charge is 0.326 e. The van der Waals surface area contributed by atoms with E-state index in [9.17, 15) is 19.2 Å². The minimum Gasteiger partial charge on any atom is -0.342 e. The Morgan fingerprint density at radius 2 is 1.73 bits per heavy atom. The summed E-state index contributed by atoms with van der Waals surface area (Å²) in [6.45, 7) is 1.09. The first-order valence-electron chi connectivity index (χ1n) is 13.5. The number of nitrogens with zero attached hydrogens (tertiary/aromatic N) is 4. The molecule has 0 radical (unpaired) electrons. The minimum atomic E-state index is -0.307. The van der Waals surface area contributed by atoms with Gasteiger partial charge >= 0.3 is 5.69 Å². The first kappa shape index (κ1) is 26.0. The molecule has 11 heteroatoms. The van der Waals surface area contributed by atoms with Crippen LogP contribution in [0, 0.1) is 0 Å². The summed E-state index contributed by atoms with van der Waals surface area (Å²) in [5.74, 6) is -0.485. The Balaban J connectivity index is 1.01. The van der Waals surface area contributed by atoms with Crippen molar-refractivity contribution in [2.75, 3.05) is 25.0 Å². The number of aromatic amines is 1. The van der Waals surface area contributed by atoms with E-state index >= 15 is 0 Å². The number of likely N-dealkylation sites (tertiary alicyclic amines) is 1. The number of benzene rings is 2. The number of hydrogen-bond acceptors (Lipinski definition) is 6. The summed E-state index contributed by atoms with van der Waals surface area (Å²) in [6, 6.07) is 16.8. The van der Waals surface area contributed by atoms with Gasteiger partial charge in [0.1, 0.15) is 6.54 Å². The number of amides is 3. The van der Waals surface area contributed by atoms with Crippen molar-refractivity contribution in [1.29, 1.82) is 0 Å². The van der Waals surface area contributed by atoms with Crippen LogP contribution in [0.5, 0.6) is 0 Å². The van der Waals surface area contributed by atoms with Gasteiger partial charge in [-0.15, -0.1) is 11.3 Å². The fourth-order valence-electron chi connectivity index (χ4n) is 5.34. The van der Waals surface area contributed by atoms with Gasteiger partial charge in [-0.2, -0.15) is 0 Å². The number of hydrogen-bond donors (Lipinski definition) is 2. The number of carbonyl (C=O) groups excluding carboxylic acids is 3. The maximum atomic E-state index is 13.0. The van der Waals surface area contributed by atoms with E-state index in [-0.39, 0.29) is 48.5 Å². The highest BCUT2D eigenvalue weighted by atomic mass is 32.1. The van der Waals surface area contributed by atoms with Gasteiger partial charge in [-0.05, 0) is 49.9 Å². The molecule has 2 N–H and O–H groups in total. The van der Waals surface area contributed by atoms with E-state index in [1.807, 2.05) is 51.9 Å². The van der Waals surface area contributed by atoms with Gasteiger partial charge in [-0.25, -0.2) is 9.78 Å². The molecule has 6 rings (SSSR count). The Labute approximate surface area is 234 Å². The lowest BCUT2D eigenvalue weighted by atomic mass is 10.0. The fraction of sp³-hybridized carbons (Fsp3) is 0.345. The van der Waals surface area contributed by atoms with Crippen LogP contribution in [0.15, 0.2) is 64.8 Å².